The number of nitriles is 2. The second-order valence-corrected chi connectivity index (χ2v) is 4.96. The Morgan fingerprint density at radius 2 is 1.69 bits per heavy atom. The molecule has 2 rings (SSSR count). The van der Waals surface area contributed by atoms with Crippen LogP contribution in [0.25, 0.3) is 0 Å². The van der Waals surface area contributed by atoms with Gasteiger partial charge in [0.1, 0.15) is 17.7 Å². The summed E-state index contributed by atoms with van der Waals surface area (Å²) in [5.41, 5.74) is 1.01. The van der Waals surface area contributed by atoms with Crippen molar-refractivity contribution in [2.75, 3.05) is 17.7 Å². The van der Waals surface area contributed by atoms with Crippen LogP contribution in [0.3, 0.4) is 0 Å². The molecule has 0 aromatic heterocycles. The van der Waals surface area contributed by atoms with Crippen molar-refractivity contribution in [3.05, 3.63) is 71.4 Å². The molecule has 0 atom stereocenters. The number of carbonyl (C=O) groups excluding carboxylic acids is 2. The quantitative estimate of drug-likeness (QED) is 0.489. The molecule has 2 aromatic carbocycles. The summed E-state index contributed by atoms with van der Waals surface area (Å²) in [4.78, 5) is 24.1. The average molecular weight is 346 g/mol. The zero-order chi connectivity index (χ0) is 18.9. The van der Waals surface area contributed by atoms with E-state index in [1.54, 1.807) is 42.5 Å². The van der Waals surface area contributed by atoms with Gasteiger partial charge < -0.3 is 15.4 Å². The molecule has 0 fully saturated rings. The Morgan fingerprint density at radius 3 is 2.35 bits per heavy atom. The fourth-order valence-corrected chi connectivity index (χ4v) is 2.07. The number of hydrogen-bond donors (Lipinski definition) is 2. The van der Waals surface area contributed by atoms with Gasteiger partial charge in [-0.05, 0) is 24.3 Å². The molecule has 0 heterocycles. The van der Waals surface area contributed by atoms with E-state index in [0.717, 1.165) is 0 Å². The predicted octanol–water partition coefficient (Wildman–Crippen LogP) is 2.80. The monoisotopic (exact) mass is 346 g/mol. The summed E-state index contributed by atoms with van der Waals surface area (Å²) < 4.78 is 4.66. The van der Waals surface area contributed by atoms with Crippen LogP contribution in [0.15, 0.2) is 60.3 Å². The molecule has 128 valence electrons. The van der Waals surface area contributed by atoms with Crippen LogP contribution in [0, 0.1) is 22.7 Å². The van der Waals surface area contributed by atoms with Gasteiger partial charge in [0, 0.05) is 6.20 Å². The van der Waals surface area contributed by atoms with Crippen LogP contribution in [0.4, 0.5) is 11.4 Å². The highest BCUT2D eigenvalue weighted by Crippen LogP contribution is 2.18. The topological polar surface area (TPSA) is 115 Å². The van der Waals surface area contributed by atoms with Crippen LogP contribution in [0.2, 0.25) is 0 Å². The Morgan fingerprint density at radius 1 is 1.04 bits per heavy atom. The highest BCUT2D eigenvalue weighted by atomic mass is 16.5. The SMILES string of the molecule is COC(=O)c1ccccc1NC(=O)/C(C#N)=C\Nc1ccccc1C#N. The molecule has 0 radical (unpaired) electrons. The van der Waals surface area contributed by atoms with Crippen LogP contribution >= 0.6 is 0 Å². The van der Waals surface area contributed by atoms with Crippen molar-refractivity contribution in [3.8, 4) is 12.1 Å². The first kappa shape index (κ1) is 18.2. The number of rotatable bonds is 5. The smallest absolute Gasteiger partial charge is 0.339 e. The van der Waals surface area contributed by atoms with Gasteiger partial charge in [-0.2, -0.15) is 10.5 Å². The summed E-state index contributed by atoms with van der Waals surface area (Å²) in [6.07, 6.45) is 1.20. The van der Waals surface area contributed by atoms with Crippen molar-refractivity contribution < 1.29 is 14.3 Å². The molecular weight excluding hydrogens is 332 g/mol. The number of nitrogens with zero attached hydrogens (tertiary/aromatic N) is 2. The number of methoxy groups -OCH3 is 1. The van der Waals surface area contributed by atoms with E-state index in [-0.39, 0.29) is 16.8 Å². The number of anilines is 2. The molecule has 0 aliphatic carbocycles. The lowest BCUT2D eigenvalue weighted by Gasteiger charge is -2.09. The lowest BCUT2D eigenvalue weighted by Crippen LogP contribution is -2.17. The van der Waals surface area contributed by atoms with E-state index in [2.05, 4.69) is 15.4 Å². The molecular formula is C19H14N4O3. The maximum atomic E-state index is 12.3. The summed E-state index contributed by atoms with van der Waals surface area (Å²) >= 11 is 0. The van der Waals surface area contributed by atoms with E-state index in [0.29, 0.717) is 11.3 Å². The highest BCUT2D eigenvalue weighted by Gasteiger charge is 2.15. The lowest BCUT2D eigenvalue weighted by molar-refractivity contribution is -0.112. The van der Waals surface area contributed by atoms with Gasteiger partial charge in [-0.3, -0.25) is 4.79 Å². The summed E-state index contributed by atoms with van der Waals surface area (Å²) in [7, 11) is 1.23. The average Bonchev–Trinajstić information content (AvgIpc) is 2.68. The van der Waals surface area contributed by atoms with Crippen LogP contribution < -0.4 is 10.6 Å². The van der Waals surface area contributed by atoms with Crippen molar-refractivity contribution in [2.45, 2.75) is 0 Å². The Bertz CT molecular complexity index is 952. The predicted molar refractivity (Wildman–Crippen MR) is 94.9 cm³/mol. The molecule has 7 heteroatoms. The molecule has 7 nitrogen and oxygen atoms in total. The number of ether oxygens (including phenoxy) is 1. The van der Waals surface area contributed by atoms with E-state index >= 15 is 0 Å². The first-order valence-electron chi connectivity index (χ1n) is 7.45. The fraction of sp³-hybridized carbons (Fsp3) is 0.0526. The molecule has 0 bridgehead atoms. The van der Waals surface area contributed by atoms with Crippen LogP contribution in [-0.2, 0) is 9.53 Å². The standard InChI is InChI=1S/C19H14N4O3/c1-26-19(25)15-7-3-5-9-17(15)23-18(24)14(11-21)12-22-16-8-4-2-6-13(16)10-20/h2-9,12,22H,1H3,(H,23,24)/b14-12-. The molecule has 0 aliphatic heterocycles. The minimum Gasteiger partial charge on any atom is -0.465 e. The highest BCUT2D eigenvalue weighted by molar-refractivity contribution is 6.09. The number of amides is 1. The molecule has 0 spiro atoms. The first-order valence-corrected chi connectivity index (χ1v) is 7.45. The minimum absolute atomic E-state index is 0.170. The normalized spacial score (nSPS) is 10.2. The molecule has 2 N–H and O–H groups in total. The number of hydrogen-bond acceptors (Lipinski definition) is 6. The van der Waals surface area contributed by atoms with Crippen molar-refractivity contribution >= 4 is 23.3 Å². The van der Waals surface area contributed by atoms with E-state index < -0.39 is 11.9 Å². The van der Waals surface area contributed by atoms with Crippen molar-refractivity contribution in [2.24, 2.45) is 0 Å². The van der Waals surface area contributed by atoms with Gasteiger partial charge in [-0.15, -0.1) is 0 Å². The Kier molecular flexibility index (Phi) is 6.08. The largest absolute Gasteiger partial charge is 0.465 e. The van der Waals surface area contributed by atoms with Gasteiger partial charge >= 0.3 is 5.97 Å². The Hall–Kier alpha value is -4.10. The molecule has 26 heavy (non-hydrogen) atoms. The van der Waals surface area contributed by atoms with Gasteiger partial charge in [0.15, 0.2) is 0 Å². The number of para-hydroxylation sites is 2. The molecule has 0 saturated heterocycles. The Balaban J connectivity index is 2.21. The molecule has 2 aromatic rings. The van der Waals surface area contributed by atoms with E-state index in [9.17, 15) is 14.9 Å². The lowest BCUT2D eigenvalue weighted by atomic mass is 10.1. The number of carbonyl (C=O) groups is 2. The van der Waals surface area contributed by atoms with Crippen molar-refractivity contribution in [1.29, 1.82) is 10.5 Å². The van der Waals surface area contributed by atoms with E-state index in [4.69, 9.17) is 5.26 Å². The van der Waals surface area contributed by atoms with E-state index in [1.165, 1.54) is 25.4 Å². The summed E-state index contributed by atoms with van der Waals surface area (Å²) in [6, 6.07) is 16.8. The molecule has 1 amide bonds. The zero-order valence-electron chi connectivity index (χ0n) is 13.8. The van der Waals surface area contributed by atoms with Crippen LogP contribution in [0.1, 0.15) is 15.9 Å². The van der Waals surface area contributed by atoms with Gasteiger partial charge in [0.05, 0.1) is 29.6 Å². The third kappa shape index (κ3) is 4.25. The zero-order valence-corrected chi connectivity index (χ0v) is 13.8. The van der Waals surface area contributed by atoms with Crippen LogP contribution in [0.5, 0.6) is 0 Å². The van der Waals surface area contributed by atoms with Gasteiger partial charge in [0.25, 0.3) is 5.91 Å². The molecule has 0 aliphatic rings. The number of nitrogens with one attached hydrogen (secondary N) is 2. The fourth-order valence-electron chi connectivity index (χ4n) is 2.07. The minimum atomic E-state index is -0.703. The second kappa shape index (κ2) is 8.67. The third-order valence-electron chi connectivity index (χ3n) is 3.37. The molecule has 0 unspecified atom stereocenters. The first-order chi connectivity index (χ1) is 12.6. The van der Waals surface area contributed by atoms with Crippen molar-refractivity contribution in [3.63, 3.8) is 0 Å². The van der Waals surface area contributed by atoms with Gasteiger partial charge in [-0.25, -0.2) is 4.79 Å². The maximum Gasteiger partial charge on any atom is 0.339 e. The summed E-state index contributed by atoms with van der Waals surface area (Å²) in [6.45, 7) is 0. The second-order valence-electron chi connectivity index (χ2n) is 4.96. The third-order valence-corrected chi connectivity index (χ3v) is 3.37. The van der Waals surface area contributed by atoms with Gasteiger partial charge in [0.2, 0.25) is 0 Å². The number of benzene rings is 2. The van der Waals surface area contributed by atoms with E-state index in [1.807, 2.05) is 6.07 Å². The molecule has 0 saturated carbocycles. The Labute approximate surface area is 150 Å². The number of esters is 1. The maximum absolute atomic E-state index is 12.3. The van der Waals surface area contributed by atoms with Crippen molar-refractivity contribution in [1.82, 2.24) is 0 Å². The summed E-state index contributed by atoms with van der Waals surface area (Å²) in [5.74, 6) is -1.31. The summed E-state index contributed by atoms with van der Waals surface area (Å²) in [5, 5.41) is 23.6. The van der Waals surface area contributed by atoms with Gasteiger partial charge in [-0.1, -0.05) is 24.3 Å². The van der Waals surface area contributed by atoms with Crippen LogP contribution in [-0.4, -0.2) is 19.0 Å².